The van der Waals surface area contributed by atoms with E-state index in [1.165, 1.54) is 12.8 Å². The standard InChI is InChI=1S/C21H28N2O2S/c1-15-9-11-23(12-10-15)20-7-5-19(6-8-20)22-26(24,25)21-17(3)13-16(2)14-18(21)4/h5-8,13-15,22H,9-12H2,1-4H3. The first-order valence-electron chi connectivity index (χ1n) is 9.22. The van der Waals surface area contributed by atoms with Crippen LogP contribution in [-0.2, 0) is 10.0 Å². The number of nitrogens with zero attached hydrogens (tertiary/aromatic N) is 1. The second-order valence-electron chi connectivity index (χ2n) is 7.55. The molecule has 1 fully saturated rings. The molecule has 1 N–H and O–H groups in total. The highest BCUT2D eigenvalue weighted by atomic mass is 32.2. The summed E-state index contributed by atoms with van der Waals surface area (Å²) >= 11 is 0. The smallest absolute Gasteiger partial charge is 0.262 e. The van der Waals surface area contributed by atoms with Crippen LogP contribution >= 0.6 is 0 Å². The van der Waals surface area contributed by atoms with Gasteiger partial charge in [0.15, 0.2) is 0 Å². The number of aryl methyl sites for hydroxylation is 3. The molecule has 1 heterocycles. The molecule has 1 aliphatic rings. The summed E-state index contributed by atoms with van der Waals surface area (Å²) in [5.41, 5.74) is 4.36. The zero-order chi connectivity index (χ0) is 18.9. The van der Waals surface area contributed by atoms with E-state index in [9.17, 15) is 8.42 Å². The number of sulfonamides is 1. The van der Waals surface area contributed by atoms with Crippen LogP contribution in [-0.4, -0.2) is 21.5 Å². The monoisotopic (exact) mass is 372 g/mol. The Balaban J connectivity index is 1.78. The lowest BCUT2D eigenvalue weighted by molar-refractivity contribution is 0.438. The Hall–Kier alpha value is -2.01. The van der Waals surface area contributed by atoms with Gasteiger partial charge in [0.2, 0.25) is 0 Å². The van der Waals surface area contributed by atoms with Gasteiger partial charge in [-0.2, -0.15) is 0 Å². The van der Waals surface area contributed by atoms with Crippen LogP contribution in [0.25, 0.3) is 0 Å². The van der Waals surface area contributed by atoms with Crippen LogP contribution in [0.1, 0.15) is 36.5 Å². The van der Waals surface area contributed by atoms with Crippen LogP contribution in [0.4, 0.5) is 11.4 Å². The average molecular weight is 373 g/mol. The molecular formula is C21H28N2O2S. The number of piperidine rings is 1. The lowest BCUT2D eigenvalue weighted by atomic mass is 9.99. The molecule has 4 nitrogen and oxygen atoms in total. The molecule has 0 amide bonds. The highest BCUT2D eigenvalue weighted by Gasteiger charge is 2.20. The molecule has 140 valence electrons. The van der Waals surface area contributed by atoms with E-state index in [2.05, 4.69) is 16.5 Å². The molecule has 2 aromatic rings. The van der Waals surface area contributed by atoms with E-state index in [0.717, 1.165) is 41.4 Å². The van der Waals surface area contributed by atoms with Gasteiger partial charge < -0.3 is 4.90 Å². The molecule has 0 atom stereocenters. The van der Waals surface area contributed by atoms with Gasteiger partial charge in [-0.3, -0.25) is 4.72 Å². The number of hydrogen-bond acceptors (Lipinski definition) is 3. The van der Waals surface area contributed by atoms with Gasteiger partial charge in [0.25, 0.3) is 10.0 Å². The number of nitrogens with one attached hydrogen (secondary N) is 1. The van der Waals surface area contributed by atoms with E-state index in [-0.39, 0.29) is 0 Å². The van der Waals surface area contributed by atoms with Crippen molar-refractivity contribution in [1.82, 2.24) is 0 Å². The van der Waals surface area contributed by atoms with E-state index in [0.29, 0.717) is 10.6 Å². The molecule has 0 aromatic heterocycles. The first kappa shape index (κ1) is 18.8. The van der Waals surface area contributed by atoms with Gasteiger partial charge in [-0.15, -0.1) is 0 Å². The maximum atomic E-state index is 12.9. The van der Waals surface area contributed by atoms with E-state index < -0.39 is 10.0 Å². The van der Waals surface area contributed by atoms with Crippen molar-refractivity contribution in [2.45, 2.75) is 45.4 Å². The van der Waals surface area contributed by atoms with Crippen molar-refractivity contribution in [2.24, 2.45) is 5.92 Å². The Morgan fingerprint density at radius 2 is 1.50 bits per heavy atom. The third-order valence-electron chi connectivity index (χ3n) is 5.14. The molecule has 0 aliphatic carbocycles. The Morgan fingerprint density at radius 3 is 2.04 bits per heavy atom. The van der Waals surface area contributed by atoms with Crippen molar-refractivity contribution in [3.63, 3.8) is 0 Å². The van der Waals surface area contributed by atoms with Gasteiger partial charge in [-0.1, -0.05) is 24.6 Å². The van der Waals surface area contributed by atoms with Crippen molar-refractivity contribution in [3.8, 4) is 0 Å². The lowest BCUT2D eigenvalue weighted by Crippen LogP contribution is -2.32. The molecule has 26 heavy (non-hydrogen) atoms. The predicted molar refractivity (Wildman–Crippen MR) is 109 cm³/mol. The lowest BCUT2D eigenvalue weighted by Gasteiger charge is -2.32. The summed E-state index contributed by atoms with van der Waals surface area (Å²) in [6.07, 6.45) is 2.42. The maximum Gasteiger partial charge on any atom is 0.262 e. The summed E-state index contributed by atoms with van der Waals surface area (Å²) in [6.45, 7) is 10.1. The highest BCUT2D eigenvalue weighted by molar-refractivity contribution is 7.92. The fraction of sp³-hybridized carbons (Fsp3) is 0.429. The molecule has 0 bridgehead atoms. The molecule has 0 unspecified atom stereocenters. The number of hydrogen-bond donors (Lipinski definition) is 1. The summed E-state index contributed by atoms with van der Waals surface area (Å²) in [5, 5.41) is 0. The molecular weight excluding hydrogens is 344 g/mol. The fourth-order valence-corrected chi connectivity index (χ4v) is 5.32. The summed E-state index contributed by atoms with van der Waals surface area (Å²) in [5.74, 6) is 0.790. The molecule has 0 saturated carbocycles. The molecule has 1 aliphatic heterocycles. The van der Waals surface area contributed by atoms with E-state index in [1.54, 1.807) is 0 Å². The van der Waals surface area contributed by atoms with Crippen LogP contribution in [0.3, 0.4) is 0 Å². The minimum absolute atomic E-state index is 0.372. The predicted octanol–water partition coefficient (Wildman–Crippen LogP) is 4.65. The van der Waals surface area contributed by atoms with Gasteiger partial charge >= 0.3 is 0 Å². The Bertz CT molecular complexity index is 858. The largest absolute Gasteiger partial charge is 0.372 e. The third kappa shape index (κ3) is 4.04. The molecule has 2 aromatic carbocycles. The highest BCUT2D eigenvalue weighted by Crippen LogP contribution is 2.27. The third-order valence-corrected chi connectivity index (χ3v) is 6.83. The molecule has 0 radical (unpaired) electrons. The van der Waals surface area contributed by atoms with E-state index in [1.807, 2.05) is 57.2 Å². The Labute approximate surface area is 157 Å². The van der Waals surface area contributed by atoms with E-state index in [4.69, 9.17) is 0 Å². The van der Waals surface area contributed by atoms with Crippen molar-refractivity contribution in [2.75, 3.05) is 22.7 Å². The minimum atomic E-state index is -3.60. The number of anilines is 2. The molecule has 3 rings (SSSR count). The van der Waals surface area contributed by atoms with Crippen molar-refractivity contribution in [1.29, 1.82) is 0 Å². The van der Waals surface area contributed by atoms with Gasteiger partial charge in [-0.25, -0.2) is 8.42 Å². The van der Waals surface area contributed by atoms with Crippen molar-refractivity contribution in [3.05, 3.63) is 53.1 Å². The van der Waals surface area contributed by atoms with Crippen molar-refractivity contribution < 1.29 is 8.42 Å². The van der Waals surface area contributed by atoms with Crippen LogP contribution in [0.2, 0.25) is 0 Å². The van der Waals surface area contributed by atoms with E-state index >= 15 is 0 Å². The van der Waals surface area contributed by atoms with Crippen LogP contribution in [0.5, 0.6) is 0 Å². The topological polar surface area (TPSA) is 49.4 Å². The molecule has 5 heteroatoms. The molecule has 1 saturated heterocycles. The quantitative estimate of drug-likeness (QED) is 0.850. The first-order chi connectivity index (χ1) is 12.3. The zero-order valence-electron chi connectivity index (χ0n) is 16.0. The average Bonchev–Trinajstić information content (AvgIpc) is 2.54. The minimum Gasteiger partial charge on any atom is -0.372 e. The van der Waals surface area contributed by atoms with Crippen LogP contribution in [0.15, 0.2) is 41.3 Å². The zero-order valence-corrected chi connectivity index (χ0v) is 16.9. The maximum absolute atomic E-state index is 12.9. The summed E-state index contributed by atoms with van der Waals surface area (Å²) in [6, 6.07) is 11.5. The van der Waals surface area contributed by atoms with Crippen LogP contribution in [0, 0.1) is 26.7 Å². The molecule has 0 spiro atoms. The van der Waals surface area contributed by atoms with Gasteiger partial charge in [0.05, 0.1) is 4.90 Å². The SMILES string of the molecule is Cc1cc(C)c(S(=O)(=O)Nc2ccc(N3CCC(C)CC3)cc2)c(C)c1. The summed E-state index contributed by atoms with van der Waals surface area (Å²) in [4.78, 5) is 2.74. The second kappa shape index (κ2) is 7.31. The number of rotatable bonds is 4. The number of benzene rings is 2. The second-order valence-corrected chi connectivity index (χ2v) is 9.17. The summed E-state index contributed by atoms with van der Waals surface area (Å²) in [7, 11) is -3.60. The van der Waals surface area contributed by atoms with Gasteiger partial charge in [0, 0.05) is 24.5 Å². The van der Waals surface area contributed by atoms with Crippen molar-refractivity contribution >= 4 is 21.4 Å². The normalized spacial score (nSPS) is 15.9. The fourth-order valence-electron chi connectivity index (χ4n) is 3.80. The van der Waals surface area contributed by atoms with Gasteiger partial charge in [-0.05, 0) is 74.9 Å². The van der Waals surface area contributed by atoms with Crippen LogP contribution < -0.4 is 9.62 Å². The first-order valence-corrected chi connectivity index (χ1v) is 10.7. The summed E-state index contributed by atoms with van der Waals surface area (Å²) < 4.78 is 28.4. The van der Waals surface area contributed by atoms with Gasteiger partial charge in [0.1, 0.15) is 0 Å². The Kier molecular flexibility index (Phi) is 5.28. The Morgan fingerprint density at radius 1 is 0.962 bits per heavy atom.